The maximum Gasteiger partial charge on any atom is 0.341 e. The highest BCUT2D eigenvalue weighted by atomic mass is 79.9. The van der Waals surface area contributed by atoms with Gasteiger partial charge in [0.2, 0.25) is 0 Å². The third-order valence-electron chi connectivity index (χ3n) is 1.43. The number of esters is 1. The smallest absolute Gasteiger partial charge is 0.341 e. The second kappa shape index (κ2) is 4.87. The van der Waals surface area contributed by atoms with E-state index in [1.165, 1.54) is 12.1 Å². The number of phenolic OH excluding ortho intramolecular Hbond substituents is 1. The average Bonchev–Trinajstić information content (AvgIpc) is 2.15. The maximum absolute atomic E-state index is 11.2. The van der Waals surface area contributed by atoms with Gasteiger partial charge in [-0.15, -0.1) is 0 Å². The topological polar surface area (TPSA) is 46.5 Å². The van der Waals surface area contributed by atoms with Crippen molar-refractivity contribution < 1.29 is 14.6 Å². The Morgan fingerprint density at radius 3 is 2.77 bits per heavy atom. The Hall–Kier alpha value is -1.03. The molecule has 0 saturated heterocycles. The summed E-state index contributed by atoms with van der Waals surface area (Å²) in [5.74, 6) is -0.556. The minimum atomic E-state index is -0.502. The summed E-state index contributed by atoms with van der Waals surface area (Å²) in [4.78, 5) is 11.2. The Morgan fingerprint density at radius 1 is 1.46 bits per heavy atom. The van der Waals surface area contributed by atoms with Crippen molar-refractivity contribution in [2.45, 2.75) is 0 Å². The Morgan fingerprint density at radius 2 is 2.15 bits per heavy atom. The number of carbonyl (C=O) groups is 1. The molecule has 0 aliphatic carbocycles. The van der Waals surface area contributed by atoms with Crippen molar-refractivity contribution in [2.75, 3.05) is 11.9 Å². The molecule has 0 heterocycles. The van der Waals surface area contributed by atoms with Crippen molar-refractivity contribution in [1.82, 2.24) is 0 Å². The van der Waals surface area contributed by atoms with Gasteiger partial charge in [0.1, 0.15) is 17.9 Å². The van der Waals surface area contributed by atoms with Crippen molar-refractivity contribution in [3.63, 3.8) is 0 Å². The number of hydrogen-bond acceptors (Lipinski definition) is 3. The van der Waals surface area contributed by atoms with Gasteiger partial charge < -0.3 is 9.84 Å². The summed E-state index contributed by atoms with van der Waals surface area (Å²) in [5, 5.41) is 9.86. The minimum absolute atomic E-state index is 0.0536. The molecule has 0 amide bonds. The second-order valence-electron chi connectivity index (χ2n) is 2.34. The Kier molecular flexibility index (Phi) is 3.76. The number of carbonyl (C=O) groups excluding carboxylic acids is 1. The van der Waals surface area contributed by atoms with Gasteiger partial charge in [-0.05, 0) is 12.1 Å². The number of aromatic hydroxyl groups is 1. The molecular weight excluding hydrogens is 236 g/mol. The molecule has 0 spiro atoms. The lowest BCUT2D eigenvalue weighted by atomic mass is 10.2. The first-order valence-electron chi connectivity index (χ1n) is 3.77. The number of ether oxygens (including phenoxy) is 1. The summed E-state index contributed by atoms with van der Waals surface area (Å²) in [7, 11) is 0. The summed E-state index contributed by atoms with van der Waals surface area (Å²) in [6.07, 6.45) is 0. The summed E-state index contributed by atoms with van der Waals surface area (Å²) in [6.45, 7) is 0.299. The lowest BCUT2D eigenvalue weighted by Gasteiger charge is -2.03. The highest BCUT2D eigenvalue weighted by molar-refractivity contribution is 9.09. The lowest BCUT2D eigenvalue weighted by molar-refractivity contribution is 0.0528. The van der Waals surface area contributed by atoms with Crippen molar-refractivity contribution in [3.05, 3.63) is 29.8 Å². The molecule has 0 aromatic heterocycles. The highest BCUT2D eigenvalue weighted by Gasteiger charge is 2.10. The van der Waals surface area contributed by atoms with E-state index in [9.17, 15) is 9.90 Å². The molecule has 1 rings (SSSR count). The zero-order valence-corrected chi connectivity index (χ0v) is 8.45. The molecule has 0 radical (unpaired) electrons. The summed E-state index contributed by atoms with van der Waals surface area (Å²) in [5.41, 5.74) is 0.198. The maximum atomic E-state index is 11.2. The highest BCUT2D eigenvalue weighted by Crippen LogP contribution is 2.16. The van der Waals surface area contributed by atoms with E-state index in [2.05, 4.69) is 15.9 Å². The zero-order valence-electron chi connectivity index (χ0n) is 6.87. The van der Waals surface area contributed by atoms with Crippen molar-refractivity contribution >= 4 is 21.9 Å². The molecular formula is C9H9BrO3. The lowest BCUT2D eigenvalue weighted by Crippen LogP contribution is -2.06. The molecule has 4 heteroatoms. The van der Waals surface area contributed by atoms with Gasteiger partial charge in [-0.1, -0.05) is 28.1 Å². The number of alkyl halides is 1. The molecule has 0 saturated carbocycles. The van der Waals surface area contributed by atoms with Crippen LogP contribution in [0.15, 0.2) is 24.3 Å². The van der Waals surface area contributed by atoms with Crippen LogP contribution in [-0.2, 0) is 4.74 Å². The largest absolute Gasteiger partial charge is 0.507 e. The van der Waals surface area contributed by atoms with Crippen LogP contribution in [0.1, 0.15) is 10.4 Å². The minimum Gasteiger partial charge on any atom is -0.507 e. The van der Waals surface area contributed by atoms with E-state index in [-0.39, 0.29) is 11.3 Å². The molecule has 0 aliphatic rings. The molecule has 1 aromatic rings. The Bertz CT molecular complexity index is 299. The van der Waals surface area contributed by atoms with Crippen LogP contribution in [-0.4, -0.2) is 23.0 Å². The van der Waals surface area contributed by atoms with Crippen molar-refractivity contribution in [3.8, 4) is 5.75 Å². The monoisotopic (exact) mass is 244 g/mol. The fourth-order valence-electron chi connectivity index (χ4n) is 0.855. The first-order chi connectivity index (χ1) is 6.25. The molecule has 3 nitrogen and oxygen atoms in total. The second-order valence-corrected chi connectivity index (χ2v) is 3.14. The Balaban J connectivity index is 2.71. The van der Waals surface area contributed by atoms with Gasteiger partial charge in [0.25, 0.3) is 0 Å². The van der Waals surface area contributed by atoms with Crippen LogP contribution in [0.4, 0.5) is 0 Å². The predicted molar refractivity (Wildman–Crippen MR) is 52.2 cm³/mol. The first kappa shape index (κ1) is 10.1. The number of halogens is 1. The summed E-state index contributed by atoms with van der Waals surface area (Å²) < 4.78 is 4.81. The molecule has 13 heavy (non-hydrogen) atoms. The average molecular weight is 245 g/mol. The quantitative estimate of drug-likeness (QED) is 0.653. The molecule has 0 bridgehead atoms. The van der Waals surface area contributed by atoms with Crippen molar-refractivity contribution in [2.24, 2.45) is 0 Å². The van der Waals surface area contributed by atoms with Gasteiger partial charge >= 0.3 is 5.97 Å². The molecule has 0 atom stereocenters. The number of benzene rings is 1. The Labute approximate surface area is 84.5 Å². The van der Waals surface area contributed by atoms with E-state index in [0.29, 0.717) is 11.9 Å². The van der Waals surface area contributed by atoms with Crippen LogP contribution in [0.25, 0.3) is 0 Å². The fraction of sp³-hybridized carbons (Fsp3) is 0.222. The third kappa shape index (κ3) is 2.73. The van der Waals surface area contributed by atoms with Gasteiger partial charge in [0.05, 0.1) is 0 Å². The van der Waals surface area contributed by atoms with E-state index >= 15 is 0 Å². The molecule has 0 aliphatic heterocycles. The first-order valence-corrected chi connectivity index (χ1v) is 4.89. The van der Waals surface area contributed by atoms with Crippen LogP contribution in [0, 0.1) is 0 Å². The van der Waals surface area contributed by atoms with Gasteiger partial charge in [-0.3, -0.25) is 0 Å². The van der Waals surface area contributed by atoms with E-state index in [1.54, 1.807) is 12.1 Å². The number of rotatable bonds is 3. The zero-order chi connectivity index (χ0) is 9.68. The summed E-state index contributed by atoms with van der Waals surface area (Å²) >= 11 is 3.13. The van der Waals surface area contributed by atoms with E-state index in [0.717, 1.165) is 0 Å². The van der Waals surface area contributed by atoms with E-state index in [1.807, 2.05) is 0 Å². The normalized spacial score (nSPS) is 9.62. The fourth-order valence-corrected chi connectivity index (χ4v) is 1.02. The predicted octanol–water partition coefficient (Wildman–Crippen LogP) is 1.94. The van der Waals surface area contributed by atoms with Crippen LogP contribution < -0.4 is 0 Å². The van der Waals surface area contributed by atoms with Gasteiger partial charge in [0.15, 0.2) is 0 Å². The van der Waals surface area contributed by atoms with E-state index < -0.39 is 5.97 Å². The molecule has 0 unspecified atom stereocenters. The molecule has 1 aromatic carbocycles. The van der Waals surface area contributed by atoms with Crippen LogP contribution >= 0.6 is 15.9 Å². The van der Waals surface area contributed by atoms with Crippen molar-refractivity contribution in [1.29, 1.82) is 0 Å². The molecule has 0 fully saturated rings. The molecule has 70 valence electrons. The third-order valence-corrected chi connectivity index (χ3v) is 1.76. The number of phenols is 1. The molecule has 1 N–H and O–H groups in total. The SMILES string of the molecule is O=C(OCCBr)c1ccccc1O. The van der Waals surface area contributed by atoms with Crippen LogP contribution in [0.2, 0.25) is 0 Å². The van der Waals surface area contributed by atoms with Crippen LogP contribution in [0.3, 0.4) is 0 Å². The standard InChI is InChI=1S/C9H9BrO3/c10-5-6-13-9(12)7-3-1-2-4-8(7)11/h1-4,11H,5-6H2. The van der Waals surface area contributed by atoms with Gasteiger partial charge in [0, 0.05) is 5.33 Å². The van der Waals surface area contributed by atoms with Gasteiger partial charge in [-0.25, -0.2) is 4.79 Å². The number of hydrogen-bond donors (Lipinski definition) is 1. The van der Waals surface area contributed by atoms with Crippen LogP contribution in [0.5, 0.6) is 5.75 Å². The van der Waals surface area contributed by atoms with Gasteiger partial charge in [-0.2, -0.15) is 0 Å². The number of para-hydroxylation sites is 1. The van der Waals surface area contributed by atoms with E-state index in [4.69, 9.17) is 4.74 Å². The summed E-state index contributed by atoms with van der Waals surface area (Å²) in [6, 6.07) is 6.29.